The van der Waals surface area contributed by atoms with Gasteiger partial charge in [-0.15, -0.1) is 0 Å². The number of aryl methyl sites for hydroxylation is 4. The molecule has 1 heterocycles. The predicted molar refractivity (Wildman–Crippen MR) is 212 cm³/mol. The summed E-state index contributed by atoms with van der Waals surface area (Å²) < 4.78 is 17.0. The van der Waals surface area contributed by atoms with Crippen LogP contribution in [-0.2, 0) is 20.7 Å². The molecule has 0 N–H and O–H groups in total. The quantitative estimate of drug-likeness (QED) is 0.123. The zero-order chi connectivity index (χ0) is 36.4. The Morgan fingerprint density at radius 2 is 1.06 bits per heavy atom. The van der Waals surface area contributed by atoms with E-state index in [1.54, 1.807) is 0 Å². The molecule has 1 aliphatic heterocycles. The fourth-order valence-corrected chi connectivity index (χ4v) is 6.83. The number of carbonyl (C=O) groups is 1. The molecule has 1 saturated carbocycles. The summed E-state index contributed by atoms with van der Waals surface area (Å²) in [5.74, 6) is 2.14. The van der Waals surface area contributed by atoms with Crippen LogP contribution in [0, 0.1) is 38.5 Å². The largest absolute Gasteiger partial charge is 0.426 e. The monoisotopic (exact) mass is 690 g/mol. The first-order valence-electron chi connectivity index (χ1n) is 19.5. The molecule has 1 saturated heterocycles. The van der Waals surface area contributed by atoms with Crippen LogP contribution in [0.25, 0.3) is 11.1 Å². The topological polar surface area (TPSA) is 44.8 Å². The van der Waals surface area contributed by atoms with E-state index < -0.39 is 0 Å². The van der Waals surface area contributed by atoms with Crippen molar-refractivity contribution in [3.8, 4) is 16.9 Å². The molecule has 4 aromatic carbocycles. The van der Waals surface area contributed by atoms with E-state index in [-0.39, 0.29) is 18.2 Å². The number of rotatable bonds is 10. The molecule has 4 nitrogen and oxygen atoms in total. The Hall–Kier alpha value is -3.73. The molecule has 0 aromatic heterocycles. The molecule has 0 atom stereocenters. The number of hydrogen-bond donors (Lipinski definition) is 0. The number of carbonyl (C=O) groups excluding carboxylic acids is 1. The third-order valence-corrected chi connectivity index (χ3v) is 10.0. The average molecular weight is 691 g/mol. The third kappa shape index (κ3) is 13.7. The van der Waals surface area contributed by atoms with Gasteiger partial charge in [-0.3, -0.25) is 4.79 Å². The second kappa shape index (κ2) is 21.6. The van der Waals surface area contributed by atoms with Crippen molar-refractivity contribution in [2.45, 2.75) is 112 Å². The molecule has 274 valence electrons. The fourth-order valence-electron chi connectivity index (χ4n) is 6.83. The van der Waals surface area contributed by atoms with Crippen LogP contribution in [0.4, 0.5) is 0 Å². The van der Waals surface area contributed by atoms with Crippen molar-refractivity contribution < 1.29 is 19.0 Å². The van der Waals surface area contributed by atoms with E-state index in [1.807, 2.05) is 31.2 Å². The van der Waals surface area contributed by atoms with Gasteiger partial charge in [0.15, 0.2) is 6.29 Å². The van der Waals surface area contributed by atoms with E-state index in [9.17, 15) is 4.79 Å². The van der Waals surface area contributed by atoms with Gasteiger partial charge >= 0.3 is 5.97 Å². The maximum atomic E-state index is 12.1. The highest BCUT2D eigenvalue weighted by atomic mass is 16.7. The Balaban J connectivity index is 0.000000172. The van der Waals surface area contributed by atoms with Crippen LogP contribution in [0.15, 0.2) is 97.1 Å². The van der Waals surface area contributed by atoms with Gasteiger partial charge in [0.25, 0.3) is 0 Å². The summed E-state index contributed by atoms with van der Waals surface area (Å²) in [4.78, 5) is 12.1. The molecule has 4 heteroatoms. The zero-order valence-electron chi connectivity index (χ0n) is 32.2. The van der Waals surface area contributed by atoms with Crippen LogP contribution in [0.3, 0.4) is 0 Å². The molecule has 4 aromatic rings. The Morgan fingerprint density at radius 3 is 1.57 bits per heavy atom. The van der Waals surface area contributed by atoms with Gasteiger partial charge in [0.1, 0.15) is 5.75 Å². The van der Waals surface area contributed by atoms with E-state index in [2.05, 4.69) is 107 Å². The van der Waals surface area contributed by atoms with Crippen LogP contribution in [0.1, 0.15) is 113 Å². The maximum Gasteiger partial charge on any atom is 0.314 e. The lowest BCUT2D eigenvalue weighted by atomic mass is 9.80. The Morgan fingerprint density at radius 1 is 0.588 bits per heavy atom. The van der Waals surface area contributed by atoms with Gasteiger partial charge in [-0.25, -0.2) is 0 Å². The van der Waals surface area contributed by atoms with E-state index in [0.29, 0.717) is 11.7 Å². The summed E-state index contributed by atoms with van der Waals surface area (Å²) >= 11 is 0. The summed E-state index contributed by atoms with van der Waals surface area (Å²) in [5, 5.41) is 0. The maximum absolute atomic E-state index is 12.1. The van der Waals surface area contributed by atoms with Crippen LogP contribution in [-0.4, -0.2) is 19.2 Å². The summed E-state index contributed by atoms with van der Waals surface area (Å²) in [6, 6.07) is 33.6. The van der Waals surface area contributed by atoms with Crippen molar-refractivity contribution in [1.29, 1.82) is 0 Å². The minimum Gasteiger partial charge on any atom is -0.426 e. The second-order valence-corrected chi connectivity index (χ2v) is 14.6. The molecule has 0 bridgehead atoms. The summed E-state index contributed by atoms with van der Waals surface area (Å²) in [6.07, 6.45) is 11.5. The van der Waals surface area contributed by atoms with Gasteiger partial charge in [0, 0.05) is 11.5 Å². The van der Waals surface area contributed by atoms with E-state index in [1.165, 1.54) is 84.7 Å². The van der Waals surface area contributed by atoms with E-state index in [0.717, 1.165) is 37.5 Å². The fraction of sp³-hybridized carbons (Fsp3) is 0.468. The number of benzene rings is 4. The van der Waals surface area contributed by atoms with Crippen molar-refractivity contribution in [1.82, 2.24) is 0 Å². The van der Waals surface area contributed by atoms with Gasteiger partial charge in [-0.2, -0.15) is 0 Å². The van der Waals surface area contributed by atoms with Crippen molar-refractivity contribution in [3.63, 3.8) is 0 Å². The first-order valence-corrected chi connectivity index (χ1v) is 19.5. The van der Waals surface area contributed by atoms with Gasteiger partial charge in [-0.05, 0) is 94.0 Å². The molecule has 2 aliphatic rings. The van der Waals surface area contributed by atoms with Crippen molar-refractivity contribution in [2.75, 3.05) is 13.2 Å². The van der Waals surface area contributed by atoms with E-state index in [4.69, 9.17) is 14.2 Å². The summed E-state index contributed by atoms with van der Waals surface area (Å²) in [5.41, 5.74) is 8.92. The van der Waals surface area contributed by atoms with Gasteiger partial charge < -0.3 is 14.2 Å². The van der Waals surface area contributed by atoms with Crippen LogP contribution < -0.4 is 4.74 Å². The zero-order valence-corrected chi connectivity index (χ0v) is 32.2. The predicted octanol–water partition coefficient (Wildman–Crippen LogP) is 12.6. The van der Waals surface area contributed by atoms with Crippen LogP contribution in [0.5, 0.6) is 5.75 Å². The third-order valence-electron chi connectivity index (χ3n) is 10.0. The second-order valence-electron chi connectivity index (χ2n) is 14.6. The summed E-state index contributed by atoms with van der Waals surface area (Å²) in [6.45, 7) is 14.5. The number of hydrogen-bond acceptors (Lipinski definition) is 4. The molecule has 6 rings (SSSR count). The van der Waals surface area contributed by atoms with Gasteiger partial charge in [0.05, 0.1) is 19.1 Å². The lowest BCUT2D eigenvalue weighted by Gasteiger charge is -2.29. The molecule has 0 amide bonds. The molecule has 2 fully saturated rings. The highest BCUT2D eigenvalue weighted by Gasteiger charge is 2.27. The number of esters is 1. The molecule has 0 spiro atoms. The highest BCUT2D eigenvalue weighted by molar-refractivity contribution is 5.75. The minimum atomic E-state index is -0.159. The van der Waals surface area contributed by atoms with Crippen LogP contribution in [0.2, 0.25) is 0 Å². The lowest BCUT2D eigenvalue weighted by molar-refractivity contribution is -0.206. The smallest absolute Gasteiger partial charge is 0.314 e. The standard InChI is InChI=1S/C17H24O2.C16H18.C14H20O2/c1-3-4-14-7-9-15(10-8-14)17(18)19-16-11-5-13(2)6-12-16;1-3-4-14-7-11-16(12-8-14)15-9-5-13(2)6-10-15;1-3-4-12-9-15-14(16-10-12)13-7-5-11(2)6-8-13/h5-6,11-12,14-15H,3-4,7-10H2,1-2H3;5-12H,3-4H2,1-2H3;5-8,12,14H,3-4,9-10H2,1-2H3. The normalized spacial score (nSPS) is 19.9. The highest BCUT2D eigenvalue weighted by Crippen LogP contribution is 2.32. The van der Waals surface area contributed by atoms with Crippen molar-refractivity contribution >= 4 is 5.97 Å². The lowest BCUT2D eigenvalue weighted by Crippen LogP contribution is -2.26. The van der Waals surface area contributed by atoms with Crippen molar-refractivity contribution in [3.05, 3.63) is 125 Å². The SMILES string of the molecule is CCCC1CCC(C(=O)Oc2ccc(C)cc2)CC1.CCCC1COC(c2ccc(C)cc2)OC1.CCCc1ccc(-c2ccc(C)cc2)cc1. The molecule has 1 aliphatic carbocycles. The van der Waals surface area contributed by atoms with Crippen LogP contribution >= 0.6 is 0 Å². The Labute approximate surface area is 308 Å². The summed E-state index contributed by atoms with van der Waals surface area (Å²) in [7, 11) is 0. The van der Waals surface area contributed by atoms with E-state index >= 15 is 0 Å². The average Bonchev–Trinajstić information content (AvgIpc) is 3.15. The number of ether oxygens (including phenoxy) is 3. The first kappa shape index (κ1) is 40.0. The molecular weight excluding hydrogens is 629 g/mol. The van der Waals surface area contributed by atoms with Gasteiger partial charge in [0.2, 0.25) is 0 Å². The Kier molecular flexibility index (Phi) is 17.0. The van der Waals surface area contributed by atoms with Gasteiger partial charge in [-0.1, -0.05) is 148 Å². The Bertz CT molecular complexity index is 1520. The van der Waals surface area contributed by atoms with Crippen molar-refractivity contribution in [2.24, 2.45) is 17.8 Å². The molecule has 0 radical (unpaired) electrons. The molecular formula is C47H62O4. The molecule has 51 heavy (non-hydrogen) atoms. The molecule has 0 unspecified atom stereocenters. The minimum absolute atomic E-state index is 0.0428. The first-order chi connectivity index (χ1) is 24.8.